The van der Waals surface area contributed by atoms with Crippen molar-refractivity contribution < 1.29 is 36.6 Å². The molecule has 186 valence electrons. The Morgan fingerprint density at radius 2 is 1.63 bits per heavy atom. The van der Waals surface area contributed by atoms with E-state index in [0.717, 1.165) is 23.4 Å². The van der Waals surface area contributed by atoms with Crippen LogP contribution >= 0.6 is 7.60 Å². The zero-order valence-corrected chi connectivity index (χ0v) is 19.7. The van der Waals surface area contributed by atoms with Gasteiger partial charge in [0.15, 0.2) is 5.85 Å². The second-order valence-electron chi connectivity index (χ2n) is 7.89. The number of nitrogens with zero attached hydrogens (tertiary/aromatic N) is 2. The number of aromatic nitrogens is 1. The minimum atomic E-state index is -4.36. The second kappa shape index (κ2) is 10.4. The summed E-state index contributed by atoms with van der Waals surface area (Å²) in [5.41, 5.74) is 1.76. The summed E-state index contributed by atoms with van der Waals surface area (Å²) in [5, 5.41) is 10.3. The highest BCUT2D eigenvalue weighted by Crippen LogP contribution is 2.61. The molecule has 1 saturated heterocycles. The summed E-state index contributed by atoms with van der Waals surface area (Å²) in [6.07, 6.45) is -2.80. The van der Waals surface area contributed by atoms with Crippen LogP contribution in [0.3, 0.4) is 0 Å². The van der Waals surface area contributed by atoms with Gasteiger partial charge in [0.1, 0.15) is 12.4 Å². The third kappa shape index (κ3) is 6.02. The van der Waals surface area contributed by atoms with Crippen LogP contribution in [-0.4, -0.2) is 43.5 Å². The molecule has 1 aromatic heterocycles. The number of alkyl halides is 3. The van der Waals surface area contributed by atoms with Gasteiger partial charge in [0, 0.05) is 7.05 Å². The van der Waals surface area contributed by atoms with Crippen LogP contribution in [0.5, 0.6) is 5.75 Å². The van der Waals surface area contributed by atoms with Gasteiger partial charge in [0.2, 0.25) is 0 Å². The molecule has 4 rings (SSSR count). The molecule has 0 aliphatic carbocycles. The molecular formula is C24H24F3N2O5P. The smallest absolute Gasteiger partial charge is 0.416 e. The van der Waals surface area contributed by atoms with Crippen LogP contribution in [0.15, 0.2) is 66.9 Å². The molecule has 2 aromatic carbocycles. The van der Waals surface area contributed by atoms with Crippen LogP contribution in [0.1, 0.15) is 17.1 Å². The van der Waals surface area contributed by atoms with Crippen molar-refractivity contribution in [2.45, 2.75) is 12.0 Å². The van der Waals surface area contributed by atoms with Crippen LogP contribution in [0, 0.1) is 0 Å². The highest BCUT2D eigenvalue weighted by molar-refractivity contribution is 7.54. The third-order valence-electron chi connectivity index (χ3n) is 5.50. The van der Waals surface area contributed by atoms with E-state index in [4.69, 9.17) is 13.8 Å². The third-order valence-corrected chi connectivity index (χ3v) is 7.45. The number of aliphatic hydroxyl groups excluding tert-OH is 1. The Morgan fingerprint density at radius 3 is 2.17 bits per heavy atom. The van der Waals surface area contributed by atoms with Crippen LogP contribution in [0.2, 0.25) is 0 Å². The van der Waals surface area contributed by atoms with Crippen molar-refractivity contribution in [2.24, 2.45) is 0 Å². The molecule has 7 nitrogen and oxygen atoms in total. The van der Waals surface area contributed by atoms with Gasteiger partial charge >= 0.3 is 13.8 Å². The Morgan fingerprint density at radius 1 is 1.03 bits per heavy atom. The predicted molar refractivity (Wildman–Crippen MR) is 124 cm³/mol. The van der Waals surface area contributed by atoms with Crippen LogP contribution in [0.4, 0.5) is 18.9 Å². The largest absolute Gasteiger partial charge is 0.492 e. The highest BCUT2D eigenvalue weighted by Gasteiger charge is 2.40. The van der Waals surface area contributed by atoms with Gasteiger partial charge in [-0.3, -0.25) is 9.55 Å². The van der Waals surface area contributed by atoms with E-state index in [1.54, 1.807) is 42.6 Å². The number of hydrogen-bond acceptors (Lipinski definition) is 7. The van der Waals surface area contributed by atoms with Gasteiger partial charge in [-0.2, -0.15) is 13.2 Å². The fourth-order valence-electron chi connectivity index (χ4n) is 3.47. The second-order valence-corrected chi connectivity index (χ2v) is 9.98. The first-order valence-corrected chi connectivity index (χ1v) is 12.4. The van der Waals surface area contributed by atoms with Crippen LogP contribution < -0.4 is 9.64 Å². The summed E-state index contributed by atoms with van der Waals surface area (Å²) in [6.45, 7) is 1.26. The molecule has 35 heavy (non-hydrogen) atoms. The Hall–Kier alpha value is -2.91. The number of hydrogen-bond donors (Lipinski definition) is 1. The average molecular weight is 508 g/mol. The maximum Gasteiger partial charge on any atom is 0.416 e. The van der Waals surface area contributed by atoms with Gasteiger partial charge in [-0.25, -0.2) is 0 Å². The SMILES string of the molecule is CN(CCOc1ccc(-c2ccc(C(F)(F)F)cc2)cc1)c1ccc(C(O)P2(=O)OCCO2)nc1. The summed E-state index contributed by atoms with van der Waals surface area (Å²) in [4.78, 5) is 6.09. The lowest BCUT2D eigenvalue weighted by atomic mass is 10.0. The number of anilines is 1. The molecule has 11 heteroatoms. The summed E-state index contributed by atoms with van der Waals surface area (Å²) >= 11 is 0. The van der Waals surface area contributed by atoms with E-state index in [-0.39, 0.29) is 18.9 Å². The van der Waals surface area contributed by atoms with Crippen LogP contribution in [0.25, 0.3) is 11.1 Å². The monoisotopic (exact) mass is 508 g/mol. The molecule has 1 N–H and O–H groups in total. The molecule has 0 bridgehead atoms. The Balaban J connectivity index is 1.28. The molecule has 1 unspecified atom stereocenters. The number of likely N-dealkylation sites (N-methyl/N-ethyl adjacent to an activating group) is 1. The lowest BCUT2D eigenvalue weighted by Gasteiger charge is -2.20. The number of halogens is 3. The number of benzene rings is 2. The van der Waals surface area contributed by atoms with Crippen LogP contribution in [-0.2, 0) is 19.8 Å². The lowest BCUT2D eigenvalue weighted by Crippen LogP contribution is -2.24. The van der Waals surface area contributed by atoms with Gasteiger partial charge in [0.05, 0.1) is 42.9 Å². The molecule has 0 radical (unpaired) electrons. The molecule has 1 aliphatic rings. The minimum Gasteiger partial charge on any atom is -0.492 e. The van der Waals surface area contributed by atoms with Crippen molar-refractivity contribution in [3.05, 3.63) is 78.1 Å². The van der Waals surface area contributed by atoms with Gasteiger partial charge in [-0.1, -0.05) is 24.3 Å². The van der Waals surface area contributed by atoms with E-state index >= 15 is 0 Å². The summed E-state index contributed by atoms with van der Waals surface area (Å²) in [6, 6.07) is 15.4. The van der Waals surface area contributed by atoms with E-state index < -0.39 is 25.2 Å². The van der Waals surface area contributed by atoms with Crippen molar-refractivity contribution in [2.75, 3.05) is 38.3 Å². The van der Waals surface area contributed by atoms with Crippen molar-refractivity contribution in [3.8, 4) is 16.9 Å². The van der Waals surface area contributed by atoms with E-state index in [9.17, 15) is 22.8 Å². The van der Waals surface area contributed by atoms with Gasteiger partial charge in [-0.15, -0.1) is 0 Å². The molecule has 3 aromatic rings. The molecule has 1 atom stereocenters. The number of aliphatic hydroxyl groups is 1. The minimum absolute atomic E-state index is 0.174. The van der Waals surface area contributed by atoms with Crippen molar-refractivity contribution >= 4 is 13.3 Å². The standard InChI is InChI=1S/C24H24F3N2O5P/c1-29(20-8-11-22(28-16-20)23(30)35(31)33-14-15-34-35)12-13-32-21-9-4-18(5-10-21)17-2-6-19(7-3-17)24(25,26)27/h2-11,16,23,30H,12-15H2,1H3. The maximum absolute atomic E-state index is 12.7. The summed E-state index contributed by atoms with van der Waals surface area (Å²) in [7, 11) is -1.73. The predicted octanol–water partition coefficient (Wildman–Crippen LogP) is 5.51. The van der Waals surface area contributed by atoms with Crippen molar-refractivity contribution in [3.63, 3.8) is 0 Å². The molecule has 0 saturated carbocycles. The normalized spacial score (nSPS) is 16.1. The van der Waals surface area contributed by atoms with Gasteiger partial charge < -0.3 is 23.8 Å². The zero-order chi connectivity index (χ0) is 25.1. The average Bonchev–Trinajstić information content (AvgIpc) is 3.31. The first-order valence-electron chi connectivity index (χ1n) is 10.8. The van der Waals surface area contributed by atoms with Gasteiger partial charge in [-0.05, 0) is 47.5 Å². The Labute approximate surface area is 200 Å². The van der Waals surface area contributed by atoms with E-state index in [1.165, 1.54) is 12.1 Å². The Kier molecular flexibility index (Phi) is 7.47. The fourth-order valence-corrected chi connectivity index (χ4v) is 4.96. The van der Waals surface area contributed by atoms with Crippen molar-refractivity contribution in [1.82, 2.24) is 4.98 Å². The topological polar surface area (TPSA) is 81.1 Å². The summed E-state index contributed by atoms with van der Waals surface area (Å²) in [5.74, 6) is -0.801. The zero-order valence-electron chi connectivity index (χ0n) is 18.8. The molecule has 0 spiro atoms. The number of pyridine rings is 1. The molecular weight excluding hydrogens is 484 g/mol. The maximum atomic E-state index is 12.7. The highest BCUT2D eigenvalue weighted by atomic mass is 31.2. The lowest BCUT2D eigenvalue weighted by molar-refractivity contribution is -0.137. The molecule has 1 fully saturated rings. The number of rotatable bonds is 8. The molecule has 2 heterocycles. The van der Waals surface area contributed by atoms with E-state index in [1.807, 2.05) is 11.9 Å². The van der Waals surface area contributed by atoms with E-state index in [0.29, 0.717) is 24.5 Å². The first-order chi connectivity index (χ1) is 16.7. The fraction of sp³-hybridized carbons (Fsp3) is 0.292. The van der Waals surface area contributed by atoms with Crippen molar-refractivity contribution in [1.29, 1.82) is 0 Å². The van der Waals surface area contributed by atoms with Gasteiger partial charge in [0.25, 0.3) is 0 Å². The summed E-state index contributed by atoms with van der Waals surface area (Å²) < 4.78 is 66.4. The first kappa shape index (κ1) is 25.2. The Bertz CT molecular complexity index is 1160. The molecule has 0 amide bonds. The van der Waals surface area contributed by atoms with E-state index in [2.05, 4.69) is 4.98 Å². The quantitative estimate of drug-likeness (QED) is 0.402. The number of ether oxygens (including phenoxy) is 1. The molecule has 1 aliphatic heterocycles.